The number of hydrogen-bond donors (Lipinski definition) is 0. The molecule has 0 aromatic heterocycles. The standard InChI is InChI=1S/C10H18ClF/c11-9-7-5-3-1-2-4-6-8-10-12/h7,9H,1-6,8,10H2. The Balaban J connectivity index is 2.81. The Hall–Kier alpha value is -0.0400. The van der Waals surface area contributed by atoms with Crippen molar-refractivity contribution in [3.05, 3.63) is 11.6 Å². The van der Waals surface area contributed by atoms with Crippen LogP contribution in [0, 0.1) is 0 Å². The van der Waals surface area contributed by atoms with Crippen LogP contribution in [0.5, 0.6) is 0 Å². The molecule has 0 aliphatic rings. The van der Waals surface area contributed by atoms with Crippen LogP contribution in [-0.2, 0) is 0 Å². The van der Waals surface area contributed by atoms with Crippen LogP contribution >= 0.6 is 11.6 Å². The first-order chi connectivity index (χ1) is 5.91. The van der Waals surface area contributed by atoms with Gasteiger partial charge in [-0.1, -0.05) is 43.4 Å². The van der Waals surface area contributed by atoms with E-state index in [4.69, 9.17) is 11.6 Å². The van der Waals surface area contributed by atoms with E-state index in [1.54, 1.807) is 5.54 Å². The van der Waals surface area contributed by atoms with Crippen LogP contribution in [0.25, 0.3) is 0 Å². The van der Waals surface area contributed by atoms with Gasteiger partial charge in [0, 0.05) is 5.54 Å². The smallest absolute Gasteiger partial charge is 0.0894 e. The molecule has 0 spiro atoms. The van der Waals surface area contributed by atoms with Crippen molar-refractivity contribution in [3.63, 3.8) is 0 Å². The average Bonchev–Trinajstić information content (AvgIpc) is 2.10. The minimum absolute atomic E-state index is 0.158. The SMILES string of the molecule is FCCCCCCCCC=CCl. The number of alkyl halides is 1. The summed E-state index contributed by atoms with van der Waals surface area (Å²) < 4.78 is 11.6. The lowest BCUT2D eigenvalue weighted by Crippen LogP contribution is -1.80. The molecule has 0 atom stereocenters. The van der Waals surface area contributed by atoms with Crippen molar-refractivity contribution in [1.29, 1.82) is 0 Å². The molecule has 0 saturated heterocycles. The Kier molecular flexibility index (Phi) is 10.9. The van der Waals surface area contributed by atoms with Crippen LogP contribution in [0.3, 0.4) is 0 Å². The van der Waals surface area contributed by atoms with E-state index in [-0.39, 0.29) is 6.67 Å². The van der Waals surface area contributed by atoms with E-state index < -0.39 is 0 Å². The summed E-state index contributed by atoms with van der Waals surface area (Å²) in [7, 11) is 0. The second kappa shape index (κ2) is 11.0. The number of halogens is 2. The van der Waals surface area contributed by atoms with Gasteiger partial charge in [0.2, 0.25) is 0 Å². The molecule has 0 radical (unpaired) electrons. The number of allylic oxidation sites excluding steroid dienone is 1. The molecular formula is C10H18ClF. The molecule has 12 heavy (non-hydrogen) atoms. The molecule has 0 aliphatic carbocycles. The van der Waals surface area contributed by atoms with E-state index in [0.29, 0.717) is 0 Å². The molecule has 0 aromatic carbocycles. The first-order valence-electron chi connectivity index (χ1n) is 4.73. The van der Waals surface area contributed by atoms with Crippen molar-refractivity contribution in [3.8, 4) is 0 Å². The Morgan fingerprint density at radius 1 is 0.917 bits per heavy atom. The van der Waals surface area contributed by atoms with Crippen LogP contribution in [0.15, 0.2) is 11.6 Å². The van der Waals surface area contributed by atoms with Gasteiger partial charge < -0.3 is 0 Å². The summed E-state index contributed by atoms with van der Waals surface area (Å²) >= 11 is 5.36. The van der Waals surface area contributed by atoms with Gasteiger partial charge in [-0.05, 0) is 19.3 Å². The summed E-state index contributed by atoms with van der Waals surface area (Å²) in [5, 5.41) is 0. The lowest BCUT2D eigenvalue weighted by Gasteiger charge is -1.97. The van der Waals surface area contributed by atoms with Gasteiger partial charge >= 0.3 is 0 Å². The Labute approximate surface area is 79.8 Å². The number of unbranched alkanes of at least 4 members (excludes halogenated alkanes) is 6. The summed E-state index contributed by atoms with van der Waals surface area (Å²) in [6, 6.07) is 0. The van der Waals surface area contributed by atoms with Crippen LogP contribution in [0.2, 0.25) is 0 Å². The third-order valence-electron chi connectivity index (χ3n) is 1.84. The third-order valence-corrected chi connectivity index (χ3v) is 2.02. The summed E-state index contributed by atoms with van der Waals surface area (Å²) in [4.78, 5) is 0. The number of hydrogen-bond acceptors (Lipinski definition) is 0. The highest BCUT2D eigenvalue weighted by Gasteiger charge is 1.89. The van der Waals surface area contributed by atoms with Crippen LogP contribution < -0.4 is 0 Å². The molecule has 0 bridgehead atoms. The largest absolute Gasteiger partial charge is 0.251 e. The molecule has 0 amide bonds. The van der Waals surface area contributed by atoms with Gasteiger partial charge in [0.15, 0.2) is 0 Å². The molecule has 0 fully saturated rings. The minimum Gasteiger partial charge on any atom is -0.251 e. The topological polar surface area (TPSA) is 0 Å². The second-order valence-electron chi connectivity index (χ2n) is 2.96. The Morgan fingerprint density at radius 2 is 1.50 bits per heavy atom. The maximum Gasteiger partial charge on any atom is 0.0894 e. The lowest BCUT2D eigenvalue weighted by atomic mass is 10.1. The van der Waals surface area contributed by atoms with Gasteiger partial charge in [0.1, 0.15) is 0 Å². The third kappa shape index (κ3) is 9.96. The van der Waals surface area contributed by atoms with E-state index >= 15 is 0 Å². The molecular weight excluding hydrogens is 175 g/mol. The zero-order chi connectivity index (χ0) is 9.07. The summed E-state index contributed by atoms with van der Waals surface area (Å²) in [5.41, 5.74) is 1.57. The number of rotatable bonds is 8. The van der Waals surface area contributed by atoms with Gasteiger partial charge in [0.05, 0.1) is 6.67 Å². The molecule has 72 valence electrons. The fourth-order valence-corrected chi connectivity index (χ4v) is 1.25. The summed E-state index contributed by atoms with van der Waals surface area (Å²) in [6.45, 7) is -0.158. The fraction of sp³-hybridized carbons (Fsp3) is 0.800. The quantitative estimate of drug-likeness (QED) is 0.499. The van der Waals surface area contributed by atoms with E-state index in [0.717, 1.165) is 19.3 Å². The van der Waals surface area contributed by atoms with E-state index in [9.17, 15) is 4.39 Å². The average molecular weight is 193 g/mol. The van der Waals surface area contributed by atoms with E-state index in [1.807, 2.05) is 6.08 Å². The molecule has 0 heterocycles. The van der Waals surface area contributed by atoms with Crippen molar-refractivity contribution in [2.45, 2.75) is 44.9 Å². The normalized spacial score (nSPS) is 11.2. The molecule has 2 heteroatoms. The van der Waals surface area contributed by atoms with Gasteiger partial charge in [-0.25, -0.2) is 0 Å². The molecule has 0 saturated carbocycles. The van der Waals surface area contributed by atoms with E-state index in [1.165, 1.54) is 25.7 Å². The first-order valence-corrected chi connectivity index (χ1v) is 5.16. The van der Waals surface area contributed by atoms with Gasteiger partial charge in [-0.15, -0.1) is 0 Å². The summed E-state index contributed by atoms with van der Waals surface area (Å²) in [5.74, 6) is 0. The maximum absolute atomic E-state index is 11.6. The molecule has 0 unspecified atom stereocenters. The van der Waals surface area contributed by atoms with Crippen molar-refractivity contribution in [2.24, 2.45) is 0 Å². The van der Waals surface area contributed by atoms with E-state index in [2.05, 4.69) is 0 Å². The predicted octanol–water partition coefficient (Wildman–Crippen LogP) is 4.44. The predicted molar refractivity (Wildman–Crippen MR) is 53.3 cm³/mol. The van der Waals surface area contributed by atoms with Crippen LogP contribution in [-0.4, -0.2) is 6.67 Å². The Bertz CT molecular complexity index is 102. The Morgan fingerprint density at radius 3 is 2.08 bits per heavy atom. The molecule has 0 aromatic rings. The molecule has 0 aliphatic heterocycles. The van der Waals surface area contributed by atoms with Crippen molar-refractivity contribution < 1.29 is 4.39 Å². The zero-order valence-electron chi connectivity index (χ0n) is 7.57. The van der Waals surface area contributed by atoms with Gasteiger partial charge in [-0.2, -0.15) is 0 Å². The highest BCUT2D eigenvalue weighted by Crippen LogP contribution is 2.07. The fourth-order valence-electron chi connectivity index (χ4n) is 1.13. The monoisotopic (exact) mass is 192 g/mol. The highest BCUT2D eigenvalue weighted by atomic mass is 35.5. The van der Waals surface area contributed by atoms with Crippen molar-refractivity contribution >= 4 is 11.6 Å². The molecule has 0 rings (SSSR count). The van der Waals surface area contributed by atoms with Gasteiger partial charge in [0.25, 0.3) is 0 Å². The maximum atomic E-state index is 11.6. The van der Waals surface area contributed by atoms with Crippen LogP contribution in [0.1, 0.15) is 44.9 Å². The molecule has 0 N–H and O–H groups in total. The van der Waals surface area contributed by atoms with Crippen molar-refractivity contribution in [2.75, 3.05) is 6.67 Å². The first kappa shape index (κ1) is 12.0. The second-order valence-corrected chi connectivity index (χ2v) is 3.21. The highest BCUT2D eigenvalue weighted by molar-refractivity contribution is 6.25. The molecule has 0 nitrogen and oxygen atoms in total. The van der Waals surface area contributed by atoms with Crippen molar-refractivity contribution in [1.82, 2.24) is 0 Å². The minimum atomic E-state index is -0.158. The zero-order valence-corrected chi connectivity index (χ0v) is 8.32. The van der Waals surface area contributed by atoms with Crippen LogP contribution in [0.4, 0.5) is 4.39 Å². The lowest BCUT2D eigenvalue weighted by molar-refractivity contribution is 0.450. The van der Waals surface area contributed by atoms with Gasteiger partial charge in [-0.3, -0.25) is 4.39 Å². The summed E-state index contributed by atoms with van der Waals surface area (Å²) in [6.07, 6.45) is 9.69.